The zero-order valence-corrected chi connectivity index (χ0v) is 12.9. The summed E-state index contributed by atoms with van der Waals surface area (Å²) in [6.45, 7) is 1.60. The van der Waals surface area contributed by atoms with Gasteiger partial charge >= 0.3 is 6.18 Å². The number of aryl methyl sites for hydroxylation is 1. The molecule has 2 aromatic heterocycles. The van der Waals surface area contributed by atoms with E-state index in [0.717, 1.165) is 18.3 Å². The average molecular weight is 357 g/mol. The standard InChI is InChI=1S/C15H9ClF4N4/c1-8-14(24-7-10(17)3-5-13(24)21-8)23-22-12-4-2-9(16)6-11(12)15(18,19)20/h2-7H,1H3. The first kappa shape index (κ1) is 16.4. The Kier molecular flexibility index (Phi) is 4.00. The average Bonchev–Trinajstić information content (AvgIpc) is 2.80. The molecule has 0 aliphatic heterocycles. The number of alkyl halides is 3. The van der Waals surface area contributed by atoms with Crippen LogP contribution in [0.3, 0.4) is 0 Å². The van der Waals surface area contributed by atoms with Crippen LogP contribution < -0.4 is 0 Å². The second-order valence-corrected chi connectivity index (χ2v) is 5.39. The largest absolute Gasteiger partial charge is 0.418 e. The number of aromatic nitrogens is 2. The minimum Gasteiger partial charge on any atom is -0.280 e. The molecule has 0 radical (unpaired) electrons. The van der Waals surface area contributed by atoms with E-state index in [1.807, 2.05) is 0 Å². The van der Waals surface area contributed by atoms with Gasteiger partial charge in [-0.15, -0.1) is 10.2 Å². The molecule has 0 saturated carbocycles. The number of imidazole rings is 1. The molecule has 0 bridgehead atoms. The molecular formula is C15H9ClF4N4. The van der Waals surface area contributed by atoms with E-state index in [2.05, 4.69) is 15.2 Å². The van der Waals surface area contributed by atoms with Gasteiger partial charge in [0.25, 0.3) is 0 Å². The molecule has 3 rings (SSSR count). The Labute approximate surface area is 138 Å². The number of fused-ring (bicyclic) bond motifs is 1. The third kappa shape index (κ3) is 3.09. The normalized spacial score (nSPS) is 12.4. The molecule has 1 aromatic carbocycles. The number of rotatable bonds is 2. The maximum Gasteiger partial charge on any atom is 0.418 e. The highest BCUT2D eigenvalue weighted by Gasteiger charge is 2.34. The van der Waals surface area contributed by atoms with Gasteiger partial charge in [0.1, 0.15) is 11.5 Å². The fourth-order valence-electron chi connectivity index (χ4n) is 2.17. The predicted molar refractivity (Wildman–Crippen MR) is 80.5 cm³/mol. The minimum absolute atomic E-state index is 0.0608. The number of hydrogen-bond acceptors (Lipinski definition) is 3. The molecule has 124 valence electrons. The van der Waals surface area contributed by atoms with Crippen molar-refractivity contribution < 1.29 is 17.6 Å². The first-order valence-corrected chi connectivity index (χ1v) is 7.06. The topological polar surface area (TPSA) is 42.0 Å². The molecule has 0 atom stereocenters. The van der Waals surface area contributed by atoms with Crippen LogP contribution in [0.15, 0.2) is 46.8 Å². The van der Waals surface area contributed by atoms with Gasteiger partial charge in [0.05, 0.1) is 16.9 Å². The van der Waals surface area contributed by atoms with E-state index in [0.29, 0.717) is 11.3 Å². The van der Waals surface area contributed by atoms with Crippen molar-refractivity contribution in [3.8, 4) is 0 Å². The Hall–Kier alpha value is -2.48. The van der Waals surface area contributed by atoms with Crippen LogP contribution in [0, 0.1) is 12.7 Å². The van der Waals surface area contributed by atoms with Gasteiger partial charge in [-0.2, -0.15) is 13.2 Å². The zero-order chi connectivity index (χ0) is 17.5. The summed E-state index contributed by atoms with van der Waals surface area (Å²) >= 11 is 5.62. The van der Waals surface area contributed by atoms with Crippen LogP contribution in [0.4, 0.5) is 29.1 Å². The smallest absolute Gasteiger partial charge is 0.280 e. The van der Waals surface area contributed by atoms with Crippen LogP contribution in [0.25, 0.3) is 5.65 Å². The van der Waals surface area contributed by atoms with Crippen molar-refractivity contribution in [1.82, 2.24) is 9.38 Å². The highest BCUT2D eigenvalue weighted by Crippen LogP contribution is 2.38. The Bertz CT molecular complexity index is 947. The van der Waals surface area contributed by atoms with E-state index in [4.69, 9.17) is 11.6 Å². The minimum atomic E-state index is -4.63. The molecule has 9 heteroatoms. The van der Waals surface area contributed by atoms with Gasteiger partial charge in [-0.25, -0.2) is 9.37 Å². The summed E-state index contributed by atoms with van der Waals surface area (Å²) in [5, 5.41) is 7.42. The summed E-state index contributed by atoms with van der Waals surface area (Å²) < 4.78 is 53.8. The molecule has 24 heavy (non-hydrogen) atoms. The molecule has 0 spiro atoms. The molecule has 0 aliphatic rings. The van der Waals surface area contributed by atoms with Crippen LogP contribution >= 0.6 is 11.6 Å². The van der Waals surface area contributed by atoms with Gasteiger partial charge in [-0.3, -0.25) is 4.40 Å². The lowest BCUT2D eigenvalue weighted by Gasteiger charge is -2.09. The molecule has 0 unspecified atom stereocenters. The fourth-order valence-corrected chi connectivity index (χ4v) is 2.34. The number of nitrogens with zero attached hydrogens (tertiary/aromatic N) is 4. The maximum absolute atomic E-state index is 13.4. The Morgan fingerprint density at radius 1 is 1.12 bits per heavy atom. The molecule has 2 heterocycles. The van der Waals surface area contributed by atoms with E-state index in [-0.39, 0.29) is 10.8 Å². The third-order valence-corrected chi connectivity index (χ3v) is 3.48. The number of benzene rings is 1. The van der Waals surface area contributed by atoms with Crippen molar-refractivity contribution in [3.05, 3.63) is 58.6 Å². The van der Waals surface area contributed by atoms with Crippen LogP contribution in [0.1, 0.15) is 11.3 Å². The quantitative estimate of drug-likeness (QED) is 0.418. The van der Waals surface area contributed by atoms with Crippen LogP contribution in [-0.4, -0.2) is 9.38 Å². The van der Waals surface area contributed by atoms with Gasteiger partial charge in [0.2, 0.25) is 0 Å². The predicted octanol–water partition coefficient (Wildman–Crippen LogP) is 5.87. The molecule has 0 saturated heterocycles. The lowest BCUT2D eigenvalue weighted by Crippen LogP contribution is -2.04. The maximum atomic E-state index is 13.4. The lowest BCUT2D eigenvalue weighted by molar-refractivity contribution is -0.137. The van der Waals surface area contributed by atoms with E-state index in [1.165, 1.54) is 22.6 Å². The molecule has 4 nitrogen and oxygen atoms in total. The highest BCUT2D eigenvalue weighted by molar-refractivity contribution is 6.30. The summed E-state index contributed by atoms with van der Waals surface area (Å²) in [7, 11) is 0. The van der Waals surface area contributed by atoms with Crippen molar-refractivity contribution in [2.45, 2.75) is 13.1 Å². The Morgan fingerprint density at radius 3 is 2.58 bits per heavy atom. The van der Waals surface area contributed by atoms with Crippen molar-refractivity contribution in [3.63, 3.8) is 0 Å². The molecule has 0 fully saturated rings. The van der Waals surface area contributed by atoms with E-state index in [1.54, 1.807) is 6.92 Å². The van der Waals surface area contributed by atoms with E-state index in [9.17, 15) is 17.6 Å². The second-order valence-electron chi connectivity index (χ2n) is 4.96. The third-order valence-electron chi connectivity index (χ3n) is 3.24. The summed E-state index contributed by atoms with van der Waals surface area (Å²) in [5.41, 5.74) is -0.573. The molecule has 0 amide bonds. The van der Waals surface area contributed by atoms with Crippen LogP contribution in [0.2, 0.25) is 5.02 Å². The monoisotopic (exact) mass is 356 g/mol. The summed E-state index contributed by atoms with van der Waals surface area (Å²) in [6, 6.07) is 5.84. The second kappa shape index (κ2) is 5.86. The number of pyridine rings is 1. The van der Waals surface area contributed by atoms with Gasteiger partial charge in [0.15, 0.2) is 5.82 Å². The van der Waals surface area contributed by atoms with E-state index >= 15 is 0 Å². The van der Waals surface area contributed by atoms with Gasteiger partial charge in [-0.05, 0) is 37.3 Å². The number of azo groups is 1. The SMILES string of the molecule is Cc1nc2ccc(F)cn2c1N=Nc1ccc(Cl)cc1C(F)(F)F. The zero-order valence-electron chi connectivity index (χ0n) is 12.1. The Balaban J connectivity index is 2.10. The van der Waals surface area contributed by atoms with Crippen molar-refractivity contribution >= 4 is 28.8 Å². The van der Waals surface area contributed by atoms with Gasteiger partial charge < -0.3 is 0 Å². The van der Waals surface area contributed by atoms with Crippen LogP contribution in [0.5, 0.6) is 0 Å². The number of hydrogen-bond donors (Lipinski definition) is 0. The molecular weight excluding hydrogens is 348 g/mol. The summed E-state index contributed by atoms with van der Waals surface area (Å²) in [4.78, 5) is 4.15. The summed E-state index contributed by atoms with van der Waals surface area (Å²) in [6.07, 6.45) is -3.49. The van der Waals surface area contributed by atoms with Crippen LogP contribution in [-0.2, 0) is 6.18 Å². The Morgan fingerprint density at radius 2 is 1.88 bits per heavy atom. The van der Waals surface area contributed by atoms with Gasteiger partial charge in [0, 0.05) is 11.2 Å². The van der Waals surface area contributed by atoms with Crippen molar-refractivity contribution in [1.29, 1.82) is 0 Å². The summed E-state index contributed by atoms with van der Waals surface area (Å²) in [5.74, 6) is -0.383. The molecule has 0 aliphatic carbocycles. The first-order chi connectivity index (χ1) is 11.3. The van der Waals surface area contributed by atoms with Crippen molar-refractivity contribution in [2.75, 3.05) is 0 Å². The van der Waals surface area contributed by atoms with Crippen molar-refractivity contribution in [2.24, 2.45) is 10.2 Å². The van der Waals surface area contributed by atoms with Gasteiger partial charge in [-0.1, -0.05) is 11.6 Å². The van der Waals surface area contributed by atoms with E-state index < -0.39 is 23.2 Å². The molecule has 0 N–H and O–H groups in total. The molecule has 3 aromatic rings. The lowest BCUT2D eigenvalue weighted by atomic mass is 10.2. The number of halogens is 5. The first-order valence-electron chi connectivity index (χ1n) is 6.68. The fraction of sp³-hybridized carbons (Fsp3) is 0.133. The highest BCUT2D eigenvalue weighted by atomic mass is 35.5.